The van der Waals surface area contributed by atoms with Gasteiger partial charge < -0.3 is 10.1 Å². The van der Waals surface area contributed by atoms with Crippen LogP contribution in [-0.4, -0.2) is 24.8 Å². The molecule has 3 rings (SSSR count). The molecule has 0 saturated heterocycles. The zero-order chi connectivity index (χ0) is 23.5. The molecule has 170 valence electrons. The first kappa shape index (κ1) is 23.5. The third kappa shape index (κ3) is 5.77. The van der Waals surface area contributed by atoms with Crippen molar-refractivity contribution < 1.29 is 31.1 Å². The van der Waals surface area contributed by atoms with Gasteiger partial charge in [-0.2, -0.15) is 13.2 Å². The summed E-state index contributed by atoms with van der Waals surface area (Å²) < 4.78 is 76.3. The zero-order valence-corrected chi connectivity index (χ0v) is 18.4. The number of hydrogen-bond donors (Lipinski definition) is 2. The van der Waals surface area contributed by atoms with E-state index in [1.54, 1.807) is 13.8 Å². The maximum Gasteiger partial charge on any atom is 0.416 e. The van der Waals surface area contributed by atoms with Crippen molar-refractivity contribution in [1.82, 2.24) is 4.37 Å². The Kier molecular flexibility index (Phi) is 6.74. The number of ether oxygens (including phenoxy) is 1. The van der Waals surface area contributed by atoms with Crippen LogP contribution in [0.4, 0.5) is 24.5 Å². The number of anilines is 2. The summed E-state index contributed by atoms with van der Waals surface area (Å²) >= 11 is 0.997. The quantitative estimate of drug-likeness (QED) is 0.491. The van der Waals surface area contributed by atoms with Crippen LogP contribution in [0.2, 0.25) is 0 Å². The normalized spacial score (nSPS) is 11.9. The molecule has 2 aromatic carbocycles. The molecule has 12 heteroatoms. The van der Waals surface area contributed by atoms with Crippen LogP contribution in [0.5, 0.6) is 5.75 Å². The topological polar surface area (TPSA) is 97.4 Å². The molecule has 0 bridgehead atoms. The van der Waals surface area contributed by atoms with Gasteiger partial charge in [0.2, 0.25) is 0 Å². The number of aromatic nitrogens is 1. The molecule has 0 fully saturated rings. The molecule has 7 nitrogen and oxygen atoms in total. The lowest BCUT2D eigenvalue weighted by Gasteiger charge is -2.17. The van der Waals surface area contributed by atoms with E-state index in [1.807, 2.05) is 0 Å². The van der Waals surface area contributed by atoms with E-state index in [9.17, 15) is 26.4 Å². The van der Waals surface area contributed by atoms with Crippen molar-refractivity contribution >= 4 is 38.8 Å². The maximum absolute atomic E-state index is 12.9. The Morgan fingerprint density at radius 3 is 2.47 bits per heavy atom. The van der Waals surface area contributed by atoms with Crippen molar-refractivity contribution in [2.45, 2.75) is 31.0 Å². The number of rotatable bonds is 7. The number of benzene rings is 2. The van der Waals surface area contributed by atoms with Gasteiger partial charge in [-0.3, -0.25) is 9.52 Å². The molecular formula is C20H18F3N3O4S2. The van der Waals surface area contributed by atoms with Crippen LogP contribution >= 0.6 is 11.5 Å². The largest absolute Gasteiger partial charge is 0.489 e. The summed E-state index contributed by atoms with van der Waals surface area (Å²) in [4.78, 5) is 12.3. The Balaban J connectivity index is 1.92. The van der Waals surface area contributed by atoms with Crippen molar-refractivity contribution in [2.75, 3.05) is 10.0 Å². The standard InChI is InChI=1S/C20H18F3N3O4S2/c1-12(2)30-16-11-14(25-19(27)17-8-9-24-31-17)6-7-18(16)32(28,29)26-15-5-3-4-13(10-15)20(21,22)23/h3-12,26H,1-2H3,(H,25,27). The number of hydrogen-bond acceptors (Lipinski definition) is 6. The minimum atomic E-state index is -4.62. The fourth-order valence-electron chi connectivity index (χ4n) is 2.65. The average Bonchev–Trinajstić information content (AvgIpc) is 3.21. The van der Waals surface area contributed by atoms with Gasteiger partial charge in [0.25, 0.3) is 15.9 Å². The first-order valence-electron chi connectivity index (χ1n) is 9.18. The van der Waals surface area contributed by atoms with E-state index in [0.29, 0.717) is 10.9 Å². The van der Waals surface area contributed by atoms with Gasteiger partial charge in [0.15, 0.2) is 0 Å². The second kappa shape index (κ2) is 9.17. The summed E-state index contributed by atoms with van der Waals surface area (Å²) in [7, 11) is -4.30. The summed E-state index contributed by atoms with van der Waals surface area (Å²) in [5.74, 6) is -0.498. The molecule has 0 unspecified atom stereocenters. The summed E-state index contributed by atoms with van der Waals surface area (Å²) in [6, 6.07) is 9.27. The molecular weight excluding hydrogens is 467 g/mol. The highest BCUT2D eigenvalue weighted by Gasteiger charge is 2.31. The van der Waals surface area contributed by atoms with Crippen LogP contribution in [0.3, 0.4) is 0 Å². The molecule has 0 atom stereocenters. The Morgan fingerprint density at radius 1 is 1.09 bits per heavy atom. The van der Waals surface area contributed by atoms with Gasteiger partial charge in [0.1, 0.15) is 15.5 Å². The highest BCUT2D eigenvalue weighted by atomic mass is 32.2. The molecule has 0 radical (unpaired) electrons. The summed E-state index contributed by atoms with van der Waals surface area (Å²) in [5.41, 5.74) is -0.965. The number of sulfonamides is 1. The molecule has 0 aliphatic carbocycles. The average molecular weight is 486 g/mol. The van der Waals surface area contributed by atoms with Crippen LogP contribution in [-0.2, 0) is 16.2 Å². The van der Waals surface area contributed by atoms with Crippen molar-refractivity contribution in [3.8, 4) is 5.75 Å². The Morgan fingerprint density at radius 2 is 1.84 bits per heavy atom. The van der Waals surface area contributed by atoms with Gasteiger partial charge >= 0.3 is 6.18 Å². The van der Waals surface area contributed by atoms with E-state index in [2.05, 4.69) is 14.4 Å². The van der Waals surface area contributed by atoms with Gasteiger partial charge in [-0.25, -0.2) is 12.8 Å². The van der Waals surface area contributed by atoms with E-state index >= 15 is 0 Å². The highest BCUT2D eigenvalue weighted by Crippen LogP contribution is 2.33. The van der Waals surface area contributed by atoms with Gasteiger partial charge in [0.05, 0.1) is 11.7 Å². The van der Waals surface area contributed by atoms with Crippen LogP contribution in [0.25, 0.3) is 0 Å². The predicted molar refractivity (Wildman–Crippen MR) is 115 cm³/mol. The Labute approximate surface area is 186 Å². The van der Waals surface area contributed by atoms with Gasteiger partial charge in [-0.1, -0.05) is 6.07 Å². The highest BCUT2D eigenvalue weighted by molar-refractivity contribution is 7.92. The number of carbonyl (C=O) groups excluding carboxylic acids is 1. The smallest absolute Gasteiger partial charge is 0.416 e. The summed E-state index contributed by atoms with van der Waals surface area (Å²) in [6.07, 6.45) is -3.56. The number of amides is 1. The van der Waals surface area contributed by atoms with Crippen LogP contribution in [0, 0.1) is 0 Å². The number of nitrogens with zero attached hydrogens (tertiary/aromatic N) is 1. The van der Waals surface area contributed by atoms with Gasteiger partial charge in [0, 0.05) is 23.6 Å². The van der Waals surface area contributed by atoms with Crippen molar-refractivity contribution in [2.24, 2.45) is 0 Å². The van der Waals surface area contributed by atoms with E-state index in [-0.39, 0.29) is 22.0 Å². The fraction of sp³-hybridized carbons (Fsp3) is 0.200. The number of alkyl halides is 3. The third-order valence-electron chi connectivity index (χ3n) is 3.96. The fourth-order valence-corrected chi connectivity index (χ4v) is 4.31. The first-order chi connectivity index (χ1) is 15.0. The molecule has 3 aromatic rings. The minimum Gasteiger partial charge on any atom is -0.489 e. The molecule has 0 aliphatic rings. The molecule has 32 heavy (non-hydrogen) atoms. The van der Waals surface area contributed by atoms with Crippen molar-refractivity contribution in [3.63, 3.8) is 0 Å². The van der Waals surface area contributed by atoms with Crippen LogP contribution < -0.4 is 14.8 Å². The Bertz CT molecular complexity index is 1210. The first-order valence-corrected chi connectivity index (χ1v) is 11.4. The van der Waals surface area contributed by atoms with Gasteiger partial charge in [-0.05, 0) is 61.8 Å². The van der Waals surface area contributed by atoms with E-state index < -0.39 is 33.8 Å². The third-order valence-corrected chi connectivity index (χ3v) is 6.12. The maximum atomic E-state index is 12.9. The number of halogens is 3. The zero-order valence-electron chi connectivity index (χ0n) is 16.8. The SMILES string of the molecule is CC(C)Oc1cc(NC(=O)c2ccns2)ccc1S(=O)(=O)Nc1cccc(C(F)(F)F)c1. The van der Waals surface area contributed by atoms with Crippen LogP contribution in [0.15, 0.2) is 59.6 Å². The predicted octanol–water partition coefficient (Wildman–Crippen LogP) is 5.00. The molecule has 2 N–H and O–H groups in total. The van der Waals surface area contributed by atoms with E-state index in [0.717, 1.165) is 23.7 Å². The van der Waals surface area contributed by atoms with Crippen LogP contribution in [0.1, 0.15) is 29.1 Å². The lowest BCUT2D eigenvalue weighted by Crippen LogP contribution is -2.17. The summed E-state index contributed by atoms with van der Waals surface area (Å²) in [6.45, 7) is 3.36. The second-order valence-corrected chi connectivity index (χ2v) is 9.33. The van der Waals surface area contributed by atoms with E-state index in [1.165, 1.54) is 36.5 Å². The lowest BCUT2D eigenvalue weighted by molar-refractivity contribution is -0.137. The van der Waals surface area contributed by atoms with Crippen molar-refractivity contribution in [3.05, 3.63) is 65.2 Å². The molecule has 0 spiro atoms. The number of nitrogens with one attached hydrogen (secondary N) is 2. The van der Waals surface area contributed by atoms with Gasteiger partial charge in [-0.15, -0.1) is 0 Å². The molecule has 1 heterocycles. The van der Waals surface area contributed by atoms with E-state index in [4.69, 9.17) is 4.74 Å². The molecule has 1 aromatic heterocycles. The number of carbonyl (C=O) groups is 1. The molecule has 0 aliphatic heterocycles. The lowest BCUT2D eigenvalue weighted by atomic mass is 10.2. The minimum absolute atomic E-state index is 0.0680. The van der Waals surface area contributed by atoms with Crippen molar-refractivity contribution in [1.29, 1.82) is 0 Å². The molecule has 1 amide bonds. The monoisotopic (exact) mass is 485 g/mol. The second-order valence-electron chi connectivity index (χ2n) is 6.84. The Hall–Kier alpha value is -3.12. The summed E-state index contributed by atoms with van der Waals surface area (Å²) in [5, 5.41) is 2.62. The molecule has 0 saturated carbocycles.